The first-order valence-corrected chi connectivity index (χ1v) is 9.90. The van der Waals surface area contributed by atoms with E-state index in [9.17, 15) is 18.0 Å². The molecule has 0 aliphatic rings. The molecule has 0 heterocycles. The van der Waals surface area contributed by atoms with Crippen molar-refractivity contribution in [3.63, 3.8) is 0 Å². The summed E-state index contributed by atoms with van der Waals surface area (Å²) < 4.78 is 30.2. The molecule has 8 nitrogen and oxygen atoms in total. The van der Waals surface area contributed by atoms with Gasteiger partial charge in [0.1, 0.15) is 5.75 Å². The molecule has 0 saturated heterocycles. The Kier molecular flexibility index (Phi) is 6.29. The number of aryl methyl sites for hydroxylation is 1. The topological polar surface area (TPSA) is 114 Å². The highest BCUT2D eigenvalue weighted by atomic mass is 35.5. The van der Waals surface area contributed by atoms with Gasteiger partial charge in [0, 0.05) is 10.6 Å². The summed E-state index contributed by atoms with van der Waals surface area (Å²) in [7, 11) is -2.09. The summed E-state index contributed by atoms with van der Waals surface area (Å²) in [6.07, 6.45) is 1.01. The van der Waals surface area contributed by atoms with Crippen LogP contribution in [0.15, 0.2) is 36.4 Å². The Labute approximate surface area is 161 Å². The Morgan fingerprint density at radius 3 is 2.33 bits per heavy atom. The largest absolute Gasteiger partial charge is 0.496 e. The molecule has 0 aliphatic heterocycles. The molecule has 0 fully saturated rings. The fourth-order valence-electron chi connectivity index (χ4n) is 2.18. The summed E-state index contributed by atoms with van der Waals surface area (Å²) >= 11 is 5.88. The zero-order valence-corrected chi connectivity index (χ0v) is 16.4. The van der Waals surface area contributed by atoms with Gasteiger partial charge in [-0.3, -0.25) is 25.2 Å². The number of hydrogen-bond donors (Lipinski definition) is 3. The number of anilines is 1. The molecule has 0 aliphatic carbocycles. The van der Waals surface area contributed by atoms with Crippen LogP contribution in [0.2, 0.25) is 5.02 Å². The number of nitrogens with one attached hydrogen (secondary N) is 3. The number of amides is 2. The molecule has 0 saturated carbocycles. The quantitative estimate of drug-likeness (QED) is 0.652. The van der Waals surface area contributed by atoms with E-state index in [1.54, 1.807) is 19.1 Å². The predicted octanol–water partition coefficient (Wildman–Crippen LogP) is 2.10. The monoisotopic (exact) mass is 411 g/mol. The van der Waals surface area contributed by atoms with Crippen LogP contribution in [-0.2, 0) is 10.0 Å². The van der Waals surface area contributed by atoms with Gasteiger partial charge in [0.25, 0.3) is 11.8 Å². The number of hydrazine groups is 1. The van der Waals surface area contributed by atoms with Gasteiger partial charge >= 0.3 is 0 Å². The molecule has 10 heteroatoms. The third kappa shape index (κ3) is 5.60. The van der Waals surface area contributed by atoms with Crippen LogP contribution in [0.25, 0.3) is 0 Å². The molecule has 0 aromatic heterocycles. The SMILES string of the molecule is COc1ccc(Cl)cc1C(=O)NNC(=O)c1ccc(C)c(NS(C)(=O)=O)c1. The second-order valence-electron chi connectivity index (χ2n) is 5.66. The maximum atomic E-state index is 12.3. The minimum absolute atomic E-state index is 0.147. The lowest BCUT2D eigenvalue weighted by molar-refractivity contribution is 0.0845. The van der Waals surface area contributed by atoms with Crippen LogP contribution in [0.5, 0.6) is 5.75 Å². The van der Waals surface area contributed by atoms with E-state index in [2.05, 4.69) is 15.6 Å². The van der Waals surface area contributed by atoms with E-state index in [4.69, 9.17) is 16.3 Å². The van der Waals surface area contributed by atoms with Crippen LogP contribution < -0.4 is 20.3 Å². The van der Waals surface area contributed by atoms with Gasteiger partial charge in [-0.2, -0.15) is 0 Å². The maximum absolute atomic E-state index is 12.3. The first-order valence-electron chi connectivity index (χ1n) is 7.63. The zero-order chi connectivity index (χ0) is 20.2. The molecular formula is C17H18ClN3O5S. The molecule has 27 heavy (non-hydrogen) atoms. The molecule has 0 radical (unpaired) electrons. The fourth-order valence-corrected chi connectivity index (χ4v) is 2.98. The number of rotatable bonds is 5. The fraction of sp³-hybridized carbons (Fsp3) is 0.176. The van der Waals surface area contributed by atoms with Crippen LogP contribution in [0.1, 0.15) is 26.3 Å². The van der Waals surface area contributed by atoms with Gasteiger partial charge in [0.15, 0.2) is 0 Å². The average molecular weight is 412 g/mol. The first-order chi connectivity index (χ1) is 12.6. The van der Waals surface area contributed by atoms with Crippen molar-refractivity contribution in [1.29, 1.82) is 0 Å². The van der Waals surface area contributed by atoms with E-state index in [1.165, 1.54) is 31.4 Å². The highest BCUT2D eigenvalue weighted by Crippen LogP contribution is 2.22. The summed E-state index contributed by atoms with van der Waals surface area (Å²) in [5.41, 5.74) is 5.75. The van der Waals surface area contributed by atoms with Gasteiger partial charge in [-0.1, -0.05) is 17.7 Å². The van der Waals surface area contributed by atoms with Crippen LogP contribution in [-0.4, -0.2) is 33.6 Å². The lowest BCUT2D eigenvalue weighted by Gasteiger charge is -2.12. The zero-order valence-electron chi connectivity index (χ0n) is 14.8. The Hall–Kier alpha value is -2.78. The van der Waals surface area contributed by atoms with Crippen molar-refractivity contribution in [2.45, 2.75) is 6.92 Å². The molecule has 0 unspecified atom stereocenters. The third-order valence-corrected chi connectivity index (χ3v) is 4.32. The van der Waals surface area contributed by atoms with Crippen LogP contribution in [0, 0.1) is 6.92 Å². The standard InChI is InChI=1S/C17H18ClN3O5S/c1-10-4-5-11(8-14(10)21-27(3,24)25)16(22)19-20-17(23)13-9-12(18)6-7-15(13)26-2/h4-9,21H,1-3H3,(H,19,22)(H,20,23). The Morgan fingerprint density at radius 1 is 1.04 bits per heavy atom. The molecule has 2 aromatic rings. The minimum atomic E-state index is -3.49. The third-order valence-electron chi connectivity index (χ3n) is 3.49. The Bertz CT molecular complexity index is 992. The number of carbonyl (C=O) groups is 2. The smallest absolute Gasteiger partial charge is 0.273 e. The van der Waals surface area contributed by atoms with E-state index in [0.717, 1.165) is 6.26 Å². The van der Waals surface area contributed by atoms with Crippen molar-refractivity contribution in [2.75, 3.05) is 18.1 Å². The summed E-state index contributed by atoms with van der Waals surface area (Å²) in [6, 6.07) is 8.97. The number of hydrogen-bond acceptors (Lipinski definition) is 5. The lowest BCUT2D eigenvalue weighted by atomic mass is 10.1. The lowest BCUT2D eigenvalue weighted by Crippen LogP contribution is -2.41. The molecule has 0 bridgehead atoms. The number of ether oxygens (including phenoxy) is 1. The van der Waals surface area contributed by atoms with Gasteiger partial charge < -0.3 is 4.74 Å². The number of carbonyl (C=O) groups excluding carboxylic acids is 2. The van der Waals surface area contributed by atoms with Crippen molar-refractivity contribution in [2.24, 2.45) is 0 Å². The van der Waals surface area contributed by atoms with E-state index in [0.29, 0.717) is 16.3 Å². The van der Waals surface area contributed by atoms with Crippen LogP contribution >= 0.6 is 11.6 Å². The van der Waals surface area contributed by atoms with Crippen LogP contribution in [0.4, 0.5) is 5.69 Å². The first kappa shape index (κ1) is 20.5. The molecule has 0 spiro atoms. The predicted molar refractivity (Wildman–Crippen MR) is 103 cm³/mol. The van der Waals surface area contributed by atoms with Gasteiger partial charge in [-0.05, 0) is 42.8 Å². The second-order valence-corrected chi connectivity index (χ2v) is 7.84. The summed E-state index contributed by atoms with van der Waals surface area (Å²) in [5.74, 6) is -0.952. The number of benzene rings is 2. The van der Waals surface area contributed by atoms with Gasteiger partial charge in [0.05, 0.1) is 24.6 Å². The number of sulfonamides is 1. The van der Waals surface area contributed by atoms with E-state index in [1.807, 2.05) is 0 Å². The van der Waals surface area contributed by atoms with E-state index >= 15 is 0 Å². The van der Waals surface area contributed by atoms with Gasteiger partial charge in [0.2, 0.25) is 10.0 Å². The van der Waals surface area contributed by atoms with Crippen molar-refractivity contribution in [3.8, 4) is 5.75 Å². The van der Waals surface area contributed by atoms with Gasteiger partial charge in [-0.25, -0.2) is 8.42 Å². The summed E-state index contributed by atoms with van der Waals surface area (Å²) in [4.78, 5) is 24.5. The second kappa shape index (κ2) is 8.28. The number of methoxy groups -OCH3 is 1. The average Bonchev–Trinajstić information content (AvgIpc) is 2.60. The number of halogens is 1. The molecular weight excluding hydrogens is 394 g/mol. The van der Waals surface area contributed by atoms with Crippen molar-refractivity contribution >= 4 is 39.1 Å². The highest BCUT2D eigenvalue weighted by Gasteiger charge is 2.15. The molecule has 2 rings (SSSR count). The van der Waals surface area contributed by atoms with Crippen LogP contribution in [0.3, 0.4) is 0 Å². The van der Waals surface area contributed by atoms with Crippen molar-refractivity contribution in [3.05, 3.63) is 58.1 Å². The maximum Gasteiger partial charge on any atom is 0.273 e. The van der Waals surface area contributed by atoms with Crippen molar-refractivity contribution < 1.29 is 22.7 Å². The Morgan fingerprint density at radius 2 is 1.70 bits per heavy atom. The van der Waals surface area contributed by atoms with E-state index < -0.39 is 21.8 Å². The van der Waals surface area contributed by atoms with Gasteiger partial charge in [-0.15, -0.1) is 0 Å². The molecule has 3 N–H and O–H groups in total. The molecule has 0 atom stereocenters. The van der Waals surface area contributed by atoms with Crippen molar-refractivity contribution in [1.82, 2.24) is 10.9 Å². The summed E-state index contributed by atoms with van der Waals surface area (Å²) in [6.45, 7) is 1.70. The van der Waals surface area contributed by atoms with E-state index in [-0.39, 0.29) is 16.8 Å². The molecule has 2 amide bonds. The normalized spacial score (nSPS) is 10.8. The highest BCUT2D eigenvalue weighted by molar-refractivity contribution is 7.92. The Balaban J connectivity index is 2.13. The molecule has 2 aromatic carbocycles. The summed E-state index contributed by atoms with van der Waals surface area (Å²) in [5, 5.41) is 0.335. The molecule has 144 valence electrons. The minimum Gasteiger partial charge on any atom is -0.496 e.